The highest BCUT2D eigenvalue weighted by atomic mass is 19.1. The second kappa shape index (κ2) is 3.77. The lowest BCUT2D eigenvalue weighted by Crippen LogP contribution is -2.33. The van der Waals surface area contributed by atoms with Crippen molar-refractivity contribution in [1.82, 2.24) is 0 Å². The van der Waals surface area contributed by atoms with Crippen molar-refractivity contribution in [3.63, 3.8) is 0 Å². The van der Waals surface area contributed by atoms with Crippen molar-refractivity contribution in [2.75, 3.05) is 0 Å². The Hall–Kier alpha value is -0.400. The lowest BCUT2D eigenvalue weighted by atomic mass is 9.69. The molecule has 0 atom stereocenters. The summed E-state index contributed by atoms with van der Waals surface area (Å²) < 4.78 is 12.7. The first-order valence-electron chi connectivity index (χ1n) is 5.14. The molecule has 0 aromatic heterocycles. The summed E-state index contributed by atoms with van der Waals surface area (Å²) in [6.07, 6.45) is 4.29. The summed E-state index contributed by atoms with van der Waals surface area (Å²) in [5, 5.41) is 0. The molecule has 1 aliphatic rings. The van der Waals surface area contributed by atoms with Gasteiger partial charge >= 0.3 is 6.04 Å². The number of hydrogen-bond donors (Lipinski definition) is 0. The van der Waals surface area contributed by atoms with Gasteiger partial charge in [0, 0.05) is 0 Å². The van der Waals surface area contributed by atoms with Crippen LogP contribution in [-0.2, 0) is 4.79 Å². The van der Waals surface area contributed by atoms with Crippen LogP contribution in [0.4, 0.5) is 4.39 Å². The van der Waals surface area contributed by atoms with Crippen molar-refractivity contribution in [2.45, 2.75) is 46.5 Å². The van der Waals surface area contributed by atoms with E-state index in [0.717, 1.165) is 31.6 Å². The van der Waals surface area contributed by atoms with Crippen LogP contribution in [0.2, 0.25) is 0 Å². The van der Waals surface area contributed by atoms with Gasteiger partial charge in [-0.1, -0.05) is 19.8 Å². The maximum atomic E-state index is 12.7. The van der Waals surface area contributed by atoms with E-state index in [1.54, 1.807) is 13.8 Å². The Bertz CT molecular complexity index is 190. The summed E-state index contributed by atoms with van der Waals surface area (Å²) >= 11 is 0. The topological polar surface area (TPSA) is 17.1 Å². The minimum Gasteiger partial charge on any atom is -0.261 e. The van der Waals surface area contributed by atoms with Gasteiger partial charge in [0.1, 0.15) is 0 Å². The zero-order valence-corrected chi connectivity index (χ0v) is 8.77. The van der Waals surface area contributed by atoms with Crippen LogP contribution in [0.15, 0.2) is 0 Å². The van der Waals surface area contributed by atoms with Gasteiger partial charge in [0.05, 0.1) is 5.41 Å². The summed E-state index contributed by atoms with van der Waals surface area (Å²) in [7, 11) is 0. The van der Waals surface area contributed by atoms with E-state index in [1.165, 1.54) is 0 Å². The lowest BCUT2D eigenvalue weighted by molar-refractivity contribution is -0.142. The summed E-state index contributed by atoms with van der Waals surface area (Å²) in [6, 6.07) is -1.15. The van der Waals surface area contributed by atoms with Crippen LogP contribution in [0.3, 0.4) is 0 Å². The van der Waals surface area contributed by atoms with Gasteiger partial charge in [0.25, 0.3) is 0 Å². The highest BCUT2D eigenvalue weighted by molar-refractivity contribution is 5.74. The van der Waals surface area contributed by atoms with E-state index in [1.807, 2.05) is 0 Å². The second-order valence-electron chi connectivity index (χ2n) is 4.95. The molecular formula is C11H19FO. The van der Waals surface area contributed by atoms with E-state index in [-0.39, 0.29) is 5.92 Å². The van der Waals surface area contributed by atoms with Gasteiger partial charge in [-0.25, -0.2) is 0 Å². The van der Waals surface area contributed by atoms with Crippen LogP contribution in [-0.4, -0.2) is 6.04 Å². The number of halogens is 1. The number of carbonyl (C=O) groups excluding carboxylic acids is 1. The zero-order chi connectivity index (χ0) is 10.1. The Morgan fingerprint density at radius 3 is 2.08 bits per heavy atom. The average molecular weight is 186 g/mol. The van der Waals surface area contributed by atoms with Crippen LogP contribution in [0.1, 0.15) is 46.5 Å². The first-order valence-corrected chi connectivity index (χ1v) is 5.14. The Balaban J connectivity index is 2.58. The molecule has 1 rings (SSSR count). The van der Waals surface area contributed by atoms with E-state index < -0.39 is 11.5 Å². The molecule has 0 N–H and O–H groups in total. The third-order valence-electron chi connectivity index (χ3n) is 3.54. The van der Waals surface area contributed by atoms with E-state index in [4.69, 9.17) is 0 Å². The fourth-order valence-corrected chi connectivity index (χ4v) is 2.14. The first kappa shape index (κ1) is 10.7. The van der Waals surface area contributed by atoms with E-state index in [9.17, 15) is 9.18 Å². The van der Waals surface area contributed by atoms with Crippen molar-refractivity contribution in [3.8, 4) is 0 Å². The third-order valence-corrected chi connectivity index (χ3v) is 3.54. The highest BCUT2D eigenvalue weighted by Gasteiger charge is 2.38. The number of hydrogen-bond acceptors (Lipinski definition) is 1. The smallest absolute Gasteiger partial charge is 0.261 e. The van der Waals surface area contributed by atoms with E-state index >= 15 is 0 Å². The Kier molecular flexibility index (Phi) is 3.09. The predicted octanol–water partition coefficient (Wildman–Crippen LogP) is 3.34. The average Bonchev–Trinajstić information content (AvgIpc) is 2.04. The lowest BCUT2D eigenvalue weighted by Gasteiger charge is -2.35. The zero-order valence-electron chi connectivity index (χ0n) is 8.77. The third kappa shape index (κ3) is 2.29. The Morgan fingerprint density at radius 1 is 1.23 bits per heavy atom. The molecule has 0 aromatic rings. The molecule has 0 unspecified atom stereocenters. The van der Waals surface area contributed by atoms with Crippen LogP contribution >= 0.6 is 0 Å². The quantitative estimate of drug-likeness (QED) is 0.604. The molecule has 0 aliphatic heterocycles. The van der Waals surface area contributed by atoms with Crippen molar-refractivity contribution in [3.05, 3.63) is 0 Å². The molecule has 0 aromatic carbocycles. The summed E-state index contributed by atoms with van der Waals surface area (Å²) in [6.45, 7) is 5.69. The van der Waals surface area contributed by atoms with Crippen LogP contribution < -0.4 is 0 Å². The van der Waals surface area contributed by atoms with E-state index in [2.05, 4.69) is 6.92 Å². The van der Waals surface area contributed by atoms with Crippen LogP contribution in [0, 0.1) is 17.3 Å². The Morgan fingerprint density at radius 2 is 1.69 bits per heavy atom. The van der Waals surface area contributed by atoms with Gasteiger partial charge in [-0.05, 0) is 38.5 Å². The van der Waals surface area contributed by atoms with Gasteiger partial charge in [-0.2, -0.15) is 4.39 Å². The fraction of sp³-hybridized carbons (Fsp3) is 0.909. The maximum Gasteiger partial charge on any atom is 0.307 e. The molecule has 0 heterocycles. The number of carbonyl (C=O) groups is 1. The van der Waals surface area contributed by atoms with Crippen LogP contribution in [0.25, 0.3) is 0 Å². The van der Waals surface area contributed by atoms with Gasteiger partial charge in [0.15, 0.2) is 0 Å². The molecule has 0 saturated heterocycles. The van der Waals surface area contributed by atoms with Gasteiger partial charge in [-0.3, -0.25) is 4.79 Å². The van der Waals surface area contributed by atoms with Crippen molar-refractivity contribution >= 4 is 6.04 Å². The molecule has 1 nitrogen and oxygen atoms in total. The normalized spacial score (nSPS) is 30.2. The molecule has 0 amide bonds. The first-order chi connectivity index (χ1) is 5.94. The Labute approximate surface area is 79.7 Å². The SMILES string of the molecule is CC1CCC(C(C)(C)C(=O)F)CC1. The molecule has 76 valence electrons. The molecular weight excluding hydrogens is 167 g/mol. The highest BCUT2D eigenvalue weighted by Crippen LogP contribution is 2.40. The standard InChI is InChI=1S/C11H19FO/c1-8-4-6-9(7-5-8)11(2,3)10(12)13/h8-9H,4-7H2,1-3H3. The molecule has 0 spiro atoms. The summed E-state index contributed by atoms with van der Waals surface area (Å²) in [5.74, 6) is 1.00. The molecule has 2 heteroatoms. The largest absolute Gasteiger partial charge is 0.307 e. The molecule has 0 bridgehead atoms. The number of rotatable bonds is 2. The predicted molar refractivity (Wildman–Crippen MR) is 51.0 cm³/mol. The van der Waals surface area contributed by atoms with Gasteiger partial charge in [0.2, 0.25) is 0 Å². The van der Waals surface area contributed by atoms with Crippen LogP contribution in [0.5, 0.6) is 0 Å². The van der Waals surface area contributed by atoms with Crippen molar-refractivity contribution in [2.24, 2.45) is 17.3 Å². The molecule has 1 saturated carbocycles. The van der Waals surface area contributed by atoms with Crippen molar-refractivity contribution in [1.29, 1.82) is 0 Å². The second-order valence-corrected chi connectivity index (χ2v) is 4.95. The van der Waals surface area contributed by atoms with Gasteiger partial charge < -0.3 is 0 Å². The minimum atomic E-state index is -1.15. The molecule has 0 radical (unpaired) electrons. The van der Waals surface area contributed by atoms with Gasteiger partial charge in [-0.15, -0.1) is 0 Å². The maximum absolute atomic E-state index is 12.7. The molecule has 1 aliphatic carbocycles. The van der Waals surface area contributed by atoms with Crippen molar-refractivity contribution < 1.29 is 9.18 Å². The molecule has 1 fully saturated rings. The monoisotopic (exact) mass is 186 g/mol. The molecule has 13 heavy (non-hydrogen) atoms. The fourth-order valence-electron chi connectivity index (χ4n) is 2.14. The summed E-state index contributed by atoms with van der Waals surface area (Å²) in [5.41, 5.74) is -0.750. The minimum absolute atomic E-state index is 0.251. The van der Waals surface area contributed by atoms with E-state index in [0.29, 0.717) is 0 Å². The summed E-state index contributed by atoms with van der Waals surface area (Å²) in [4.78, 5) is 10.8.